The lowest BCUT2D eigenvalue weighted by Gasteiger charge is -1.77. The maximum atomic E-state index is 5.65. The first-order chi connectivity index (χ1) is 4.70. The van der Waals surface area contributed by atoms with E-state index in [1.165, 1.54) is 4.88 Å². The van der Waals surface area contributed by atoms with E-state index in [0.29, 0.717) is 0 Å². The van der Waals surface area contributed by atoms with Crippen molar-refractivity contribution in [1.29, 1.82) is 0 Å². The molecule has 0 amide bonds. The second-order valence-corrected chi connectivity index (χ2v) is 4.20. The standard InChI is InChI=1S/C5H4BrClS.C2H6/c1-3-4(6)2-5(7)8-3;1-2/h2H,1H3;1-2H3. The summed E-state index contributed by atoms with van der Waals surface area (Å²) in [6, 6.07) is 1.90. The van der Waals surface area contributed by atoms with Crippen molar-refractivity contribution >= 4 is 38.9 Å². The van der Waals surface area contributed by atoms with Gasteiger partial charge in [0.15, 0.2) is 0 Å². The third kappa shape index (κ3) is 3.04. The first-order valence-corrected chi connectivity index (χ1v) is 5.10. The van der Waals surface area contributed by atoms with Gasteiger partial charge in [-0.25, -0.2) is 0 Å². The lowest BCUT2D eigenvalue weighted by molar-refractivity contribution is 1.50. The van der Waals surface area contributed by atoms with Crippen LogP contribution in [-0.4, -0.2) is 0 Å². The van der Waals surface area contributed by atoms with E-state index in [9.17, 15) is 0 Å². The molecule has 58 valence electrons. The van der Waals surface area contributed by atoms with E-state index in [2.05, 4.69) is 15.9 Å². The van der Waals surface area contributed by atoms with Gasteiger partial charge in [-0.1, -0.05) is 25.4 Å². The predicted molar refractivity (Wildman–Crippen MR) is 53.1 cm³/mol. The smallest absolute Gasteiger partial charge is 0.0942 e. The zero-order valence-electron chi connectivity index (χ0n) is 6.24. The van der Waals surface area contributed by atoms with Crippen LogP contribution in [0.15, 0.2) is 10.5 Å². The summed E-state index contributed by atoms with van der Waals surface area (Å²) in [5, 5.41) is 0. The molecular formula is C7H10BrClS. The van der Waals surface area contributed by atoms with Gasteiger partial charge in [-0.05, 0) is 28.9 Å². The van der Waals surface area contributed by atoms with E-state index >= 15 is 0 Å². The zero-order chi connectivity index (χ0) is 8.15. The van der Waals surface area contributed by atoms with E-state index in [1.54, 1.807) is 11.3 Å². The highest BCUT2D eigenvalue weighted by Gasteiger charge is 1.97. The molecule has 0 spiro atoms. The summed E-state index contributed by atoms with van der Waals surface area (Å²) in [7, 11) is 0. The Morgan fingerprint density at radius 1 is 1.50 bits per heavy atom. The van der Waals surface area contributed by atoms with Crippen LogP contribution in [0.1, 0.15) is 18.7 Å². The minimum absolute atomic E-state index is 0.842. The number of hydrogen-bond donors (Lipinski definition) is 0. The molecule has 0 aromatic carbocycles. The van der Waals surface area contributed by atoms with E-state index in [1.807, 2.05) is 26.8 Å². The lowest BCUT2D eigenvalue weighted by Crippen LogP contribution is -1.53. The second kappa shape index (κ2) is 5.16. The van der Waals surface area contributed by atoms with Gasteiger partial charge in [0.25, 0.3) is 0 Å². The summed E-state index contributed by atoms with van der Waals surface area (Å²) in [4.78, 5) is 1.23. The van der Waals surface area contributed by atoms with Crippen molar-refractivity contribution < 1.29 is 0 Å². The van der Waals surface area contributed by atoms with Crippen LogP contribution >= 0.6 is 38.9 Å². The predicted octanol–water partition coefficient (Wildman–Crippen LogP) is 4.50. The fourth-order valence-corrected chi connectivity index (χ4v) is 2.26. The third-order valence-electron chi connectivity index (χ3n) is 0.827. The first-order valence-electron chi connectivity index (χ1n) is 3.11. The van der Waals surface area contributed by atoms with Crippen molar-refractivity contribution in [3.63, 3.8) is 0 Å². The molecule has 0 aliphatic rings. The van der Waals surface area contributed by atoms with E-state index in [0.717, 1.165) is 8.81 Å². The largest absolute Gasteiger partial charge is 0.128 e. The van der Waals surface area contributed by atoms with Crippen molar-refractivity contribution in [1.82, 2.24) is 0 Å². The van der Waals surface area contributed by atoms with Gasteiger partial charge in [0.05, 0.1) is 4.34 Å². The second-order valence-electron chi connectivity index (χ2n) is 1.45. The average molecular weight is 242 g/mol. The summed E-state index contributed by atoms with van der Waals surface area (Å²) in [6.45, 7) is 6.03. The number of rotatable bonds is 0. The Morgan fingerprint density at radius 2 is 2.00 bits per heavy atom. The van der Waals surface area contributed by atoms with E-state index < -0.39 is 0 Å². The molecule has 0 unspecified atom stereocenters. The molecule has 1 aromatic heterocycles. The Kier molecular flexibility index (Phi) is 5.41. The topological polar surface area (TPSA) is 0 Å². The van der Waals surface area contributed by atoms with Gasteiger partial charge in [0, 0.05) is 9.35 Å². The number of aryl methyl sites for hydroxylation is 1. The van der Waals surface area contributed by atoms with E-state index in [4.69, 9.17) is 11.6 Å². The zero-order valence-corrected chi connectivity index (χ0v) is 9.40. The SMILES string of the molecule is CC.Cc1sc(Cl)cc1Br. The molecule has 10 heavy (non-hydrogen) atoms. The molecule has 0 radical (unpaired) electrons. The third-order valence-corrected chi connectivity index (χ3v) is 3.09. The molecule has 0 bridgehead atoms. The van der Waals surface area contributed by atoms with Crippen LogP contribution in [0.25, 0.3) is 0 Å². The van der Waals surface area contributed by atoms with Crippen LogP contribution in [0.4, 0.5) is 0 Å². The van der Waals surface area contributed by atoms with Gasteiger partial charge in [0.2, 0.25) is 0 Å². The highest BCUT2D eigenvalue weighted by Crippen LogP contribution is 2.29. The van der Waals surface area contributed by atoms with Gasteiger partial charge >= 0.3 is 0 Å². The summed E-state index contributed by atoms with van der Waals surface area (Å²) < 4.78 is 1.95. The average Bonchev–Trinajstić information content (AvgIpc) is 2.16. The highest BCUT2D eigenvalue weighted by molar-refractivity contribution is 9.10. The molecule has 0 saturated carbocycles. The monoisotopic (exact) mass is 240 g/mol. The molecule has 1 rings (SSSR count). The van der Waals surface area contributed by atoms with Crippen LogP contribution in [0.5, 0.6) is 0 Å². The van der Waals surface area contributed by atoms with Crippen LogP contribution in [0.2, 0.25) is 4.34 Å². The molecule has 0 fully saturated rings. The van der Waals surface area contributed by atoms with Crippen LogP contribution in [-0.2, 0) is 0 Å². The summed E-state index contributed by atoms with van der Waals surface area (Å²) in [6.07, 6.45) is 0. The van der Waals surface area contributed by atoms with Crippen molar-refractivity contribution in [3.8, 4) is 0 Å². The van der Waals surface area contributed by atoms with E-state index in [-0.39, 0.29) is 0 Å². The fraction of sp³-hybridized carbons (Fsp3) is 0.429. The molecular weight excluding hydrogens is 232 g/mol. The normalized spacial score (nSPS) is 8.50. The Labute approximate surface area is 79.3 Å². The summed E-state index contributed by atoms with van der Waals surface area (Å²) in [5.74, 6) is 0. The van der Waals surface area contributed by atoms with Gasteiger partial charge in [-0.2, -0.15) is 0 Å². The van der Waals surface area contributed by atoms with Gasteiger partial charge in [0.1, 0.15) is 0 Å². The molecule has 0 atom stereocenters. The molecule has 0 N–H and O–H groups in total. The molecule has 0 aliphatic heterocycles. The first kappa shape index (κ1) is 10.5. The van der Waals surface area contributed by atoms with Gasteiger partial charge < -0.3 is 0 Å². The Hall–Kier alpha value is 0.470. The van der Waals surface area contributed by atoms with Gasteiger partial charge in [-0.3, -0.25) is 0 Å². The molecule has 1 aromatic rings. The Balaban J connectivity index is 0.000000371. The number of halogens is 2. The maximum absolute atomic E-state index is 5.65. The number of thiophene rings is 1. The molecule has 3 heteroatoms. The Morgan fingerprint density at radius 3 is 2.10 bits per heavy atom. The number of hydrogen-bond acceptors (Lipinski definition) is 1. The van der Waals surface area contributed by atoms with Crippen LogP contribution in [0.3, 0.4) is 0 Å². The summed E-state index contributed by atoms with van der Waals surface area (Å²) in [5.41, 5.74) is 0. The quantitative estimate of drug-likeness (QED) is 0.627. The van der Waals surface area contributed by atoms with Crippen LogP contribution < -0.4 is 0 Å². The fourth-order valence-electron chi connectivity index (χ4n) is 0.426. The molecule has 0 aliphatic carbocycles. The maximum Gasteiger partial charge on any atom is 0.0942 e. The lowest BCUT2D eigenvalue weighted by atomic mass is 10.5. The van der Waals surface area contributed by atoms with Crippen molar-refractivity contribution in [2.45, 2.75) is 20.8 Å². The van der Waals surface area contributed by atoms with Crippen LogP contribution in [0, 0.1) is 6.92 Å². The molecule has 0 saturated heterocycles. The molecule has 1 heterocycles. The van der Waals surface area contributed by atoms with Crippen molar-refractivity contribution in [2.75, 3.05) is 0 Å². The van der Waals surface area contributed by atoms with Crippen molar-refractivity contribution in [2.24, 2.45) is 0 Å². The minimum atomic E-state index is 0.842. The molecule has 0 nitrogen and oxygen atoms in total. The summed E-state index contributed by atoms with van der Waals surface area (Å²) >= 11 is 10.6. The van der Waals surface area contributed by atoms with Gasteiger partial charge in [-0.15, -0.1) is 11.3 Å². The highest BCUT2D eigenvalue weighted by atomic mass is 79.9. The Bertz CT molecular complexity index is 176. The minimum Gasteiger partial charge on any atom is -0.128 e. The van der Waals surface area contributed by atoms with Crippen molar-refractivity contribution in [3.05, 3.63) is 19.8 Å².